The summed E-state index contributed by atoms with van der Waals surface area (Å²) in [5, 5.41) is 12.9. The maximum atomic E-state index is 12.8. The third kappa shape index (κ3) is 4.41. The third-order valence-corrected chi connectivity index (χ3v) is 4.33. The van der Waals surface area contributed by atoms with E-state index in [1.165, 1.54) is 37.8 Å². The van der Waals surface area contributed by atoms with Crippen molar-refractivity contribution in [1.82, 2.24) is 14.9 Å². The summed E-state index contributed by atoms with van der Waals surface area (Å²) in [5.41, 5.74) is 0.288. The molecule has 2 rings (SSSR count). The number of hydrogen-bond acceptors (Lipinski definition) is 8. The summed E-state index contributed by atoms with van der Waals surface area (Å²) in [5.74, 6) is 1.48. The Kier molecular flexibility index (Phi) is 6.48. The average Bonchev–Trinajstić information content (AvgIpc) is 2.64. The molecule has 0 N–H and O–H groups in total. The highest BCUT2D eigenvalue weighted by Crippen LogP contribution is 2.37. The molecule has 0 fully saturated rings. The molecule has 27 heavy (non-hydrogen) atoms. The van der Waals surface area contributed by atoms with E-state index in [0.717, 1.165) is 0 Å². The molecule has 0 atom stereocenters. The van der Waals surface area contributed by atoms with E-state index in [1.54, 1.807) is 18.3 Å². The number of methoxy groups -OCH3 is 3. The lowest BCUT2D eigenvalue weighted by Crippen LogP contribution is -2.32. The molecule has 0 aliphatic carbocycles. The standard InChI is InChI=1S/C18H24N4O4S/c1-18(2,3)15-16(23)22(17(27-7)21-20-15)19-10-11-8-12(24-4)14(26-6)13(9-11)25-5/h8-10H,1-7H3. The zero-order valence-electron chi connectivity index (χ0n) is 16.6. The van der Waals surface area contributed by atoms with E-state index in [2.05, 4.69) is 15.3 Å². The number of aromatic nitrogens is 3. The molecule has 146 valence electrons. The van der Waals surface area contributed by atoms with E-state index < -0.39 is 5.41 Å². The minimum atomic E-state index is -0.440. The number of nitrogens with zero attached hydrogens (tertiary/aromatic N) is 4. The molecule has 0 aliphatic heterocycles. The summed E-state index contributed by atoms with van der Waals surface area (Å²) in [6.45, 7) is 5.72. The fourth-order valence-electron chi connectivity index (χ4n) is 2.37. The number of hydrogen-bond donors (Lipinski definition) is 0. The van der Waals surface area contributed by atoms with Gasteiger partial charge in [-0.3, -0.25) is 4.79 Å². The van der Waals surface area contributed by atoms with Crippen molar-refractivity contribution in [3.05, 3.63) is 33.7 Å². The quantitative estimate of drug-likeness (QED) is 0.551. The van der Waals surface area contributed by atoms with Crippen molar-refractivity contribution >= 4 is 18.0 Å². The van der Waals surface area contributed by atoms with Crippen LogP contribution in [0.15, 0.2) is 27.2 Å². The van der Waals surface area contributed by atoms with Crippen LogP contribution in [0.5, 0.6) is 17.2 Å². The molecule has 0 saturated heterocycles. The van der Waals surface area contributed by atoms with Crippen molar-refractivity contribution in [2.45, 2.75) is 31.3 Å². The maximum Gasteiger partial charge on any atom is 0.297 e. The van der Waals surface area contributed by atoms with Gasteiger partial charge in [-0.25, -0.2) is 0 Å². The molecular formula is C18H24N4O4S. The van der Waals surface area contributed by atoms with Gasteiger partial charge in [-0.1, -0.05) is 32.5 Å². The van der Waals surface area contributed by atoms with Crippen LogP contribution in [0.2, 0.25) is 0 Å². The second kappa shape index (κ2) is 8.43. The Bertz CT molecular complexity index is 878. The molecule has 0 spiro atoms. The van der Waals surface area contributed by atoms with Crippen molar-refractivity contribution in [2.24, 2.45) is 5.10 Å². The van der Waals surface area contributed by atoms with Crippen LogP contribution >= 0.6 is 11.8 Å². The van der Waals surface area contributed by atoms with Gasteiger partial charge in [0.2, 0.25) is 10.9 Å². The molecule has 0 amide bonds. The van der Waals surface area contributed by atoms with Gasteiger partial charge in [-0.05, 0) is 18.4 Å². The van der Waals surface area contributed by atoms with Crippen LogP contribution in [0.25, 0.3) is 0 Å². The lowest BCUT2D eigenvalue weighted by Gasteiger charge is -2.17. The van der Waals surface area contributed by atoms with Gasteiger partial charge in [0.25, 0.3) is 5.56 Å². The zero-order chi connectivity index (χ0) is 20.2. The van der Waals surface area contributed by atoms with Gasteiger partial charge in [0.05, 0.1) is 27.5 Å². The smallest absolute Gasteiger partial charge is 0.297 e. The first-order valence-corrected chi connectivity index (χ1v) is 9.37. The maximum absolute atomic E-state index is 12.8. The first-order valence-electron chi connectivity index (χ1n) is 8.15. The van der Waals surface area contributed by atoms with Gasteiger partial charge in [0.15, 0.2) is 11.5 Å². The van der Waals surface area contributed by atoms with E-state index in [-0.39, 0.29) is 5.56 Å². The van der Waals surface area contributed by atoms with Crippen molar-refractivity contribution < 1.29 is 14.2 Å². The van der Waals surface area contributed by atoms with E-state index in [1.807, 2.05) is 27.0 Å². The summed E-state index contributed by atoms with van der Waals surface area (Å²) in [6, 6.07) is 3.49. The second-order valence-electron chi connectivity index (χ2n) is 6.61. The highest BCUT2D eigenvalue weighted by molar-refractivity contribution is 7.98. The average molecular weight is 392 g/mol. The van der Waals surface area contributed by atoms with E-state index in [0.29, 0.717) is 33.7 Å². The van der Waals surface area contributed by atoms with Crippen LogP contribution in [-0.2, 0) is 5.41 Å². The number of thioether (sulfide) groups is 1. The minimum Gasteiger partial charge on any atom is -0.493 e. The molecule has 8 nitrogen and oxygen atoms in total. The molecule has 0 bridgehead atoms. The Morgan fingerprint density at radius 1 is 1.07 bits per heavy atom. The highest BCUT2D eigenvalue weighted by Gasteiger charge is 2.23. The third-order valence-electron chi connectivity index (χ3n) is 3.71. The highest BCUT2D eigenvalue weighted by atomic mass is 32.2. The fourth-order valence-corrected chi connectivity index (χ4v) is 2.79. The lowest BCUT2D eigenvalue weighted by molar-refractivity contribution is 0.324. The molecule has 0 unspecified atom stereocenters. The Hall–Kier alpha value is -2.55. The summed E-state index contributed by atoms with van der Waals surface area (Å²) >= 11 is 1.29. The van der Waals surface area contributed by atoms with Crippen LogP contribution in [0.4, 0.5) is 0 Å². The summed E-state index contributed by atoms with van der Waals surface area (Å²) in [6.07, 6.45) is 3.35. The predicted molar refractivity (Wildman–Crippen MR) is 106 cm³/mol. The van der Waals surface area contributed by atoms with Gasteiger partial charge < -0.3 is 14.2 Å². The van der Waals surface area contributed by atoms with Crippen molar-refractivity contribution in [3.63, 3.8) is 0 Å². The number of rotatable bonds is 6. The molecule has 0 aliphatic rings. The Labute approximate surface area is 162 Å². The SMILES string of the molecule is COc1cc(C=Nn2c(SC)nnc(C(C)(C)C)c2=O)cc(OC)c1OC. The second-order valence-corrected chi connectivity index (χ2v) is 7.38. The fraction of sp³-hybridized carbons (Fsp3) is 0.444. The molecular weight excluding hydrogens is 368 g/mol. The van der Waals surface area contributed by atoms with Gasteiger partial charge >= 0.3 is 0 Å². The van der Waals surface area contributed by atoms with E-state index in [9.17, 15) is 4.79 Å². The van der Waals surface area contributed by atoms with E-state index >= 15 is 0 Å². The molecule has 2 aromatic rings. The van der Waals surface area contributed by atoms with Gasteiger partial charge in [-0.15, -0.1) is 10.2 Å². The number of ether oxygens (including phenoxy) is 3. The van der Waals surface area contributed by atoms with Crippen LogP contribution in [0, 0.1) is 0 Å². The minimum absolute atomic E-state index is 0.300. The Morgan fingerprint density at radius 2 is 1.67 bits per heavy atom. The molecule has 0 saturated carbocycles. The molecule has 9 heteroatoms. The topological polar surface area (TPSA) is 87.8 Å². The molecule has 1 aromatic heterocycles. The lowest BCUT2D eigenvalue weighted by atomic mass is 9.93. The van der Waals surface area contributed by atoms with Crippen LogP contribution < -0.4 is 19.8 Å². The molecule has 1 aromatic carbocycles. The van der Waals surface area contributed by atoms with Crippen molar-refractivity contribution in [2.75, 3.05) is 27.6 Å². The zero-order valence-corrected chi connectivity index (χ0v) is 17.4. The van der Waals surface area contributed by atoms with Gasteiger partial charge in [-0.2, -0.15) is 9.78 Å². The predicted octanol–water partition coefficient (Wildman–Crippen LogP) is 2.57. The molecule has 0 radical (unpaired) electrons. The summed E-state index contributed by atoms with van der Waals surface area (Å²) in [4.78, 5) is 12.8. The van der Waals surface area contributed by atoms with Gasteiger partial charge in [0.1, 0.15) is 5.69 Å². The first-order chi connectivity index (χ1) is 12.8. The Morgan fingerprint density at radius 3 is 2.11 bits per heavy atom. The van der Waals surface area contributed by atoms with Crippen molar-refractivity contribution in [3.8, 4) is 17.2 Å². The van der Waals surface area contributed by atoms with Crippen LogP contribution in [0.1, 0.15) is 32.0 Å². The van der Waals surface area contributed by atoms with Crippen LogP contribution in [0.3, 0.4) is 0 Å². The summed E-state index contributed by atoms with van der Waals surface area (Å²) < 4.78 is 17.2. The normalized spacial score (nSPS) is 11.7. The van der Waals surface area contributed by atoms with Crippen LogP contribution in [-0.4, -0.2) is 48.7 Å². The van der Waals surface area contributed by atoms with Gasteiger partial charge in [0, 0.05) is 11.0 Å². The van der Waals surface area contributed by atoms with Crippen molar-refractivity contribution in [1.29, 1.82) is 0 Å². The number of benzene rings is 1. The molecule has 1 heterocycles. The first kappa shape index (κ1) is 20.8. The Balaban J connectivity index is 2.57. The van der Waals surface area contributed by atoms with E-state index in [4.69, 9.17) is 14.2 Å². The monoisotopic (exact) mass is 392 g/mol. The summed E-state index contributed by atoms with van der Waals surface area (Å²) in [7, 11) is 4.61. The largest absolute Gasteiger partial charge is 0.493 e.